The minimum atomic E-state index is -0.243. The molecule has 2 heterocycles. The Morgan fingerprint density at radius 3 is 2.68 bits per heavy atom. The number of thiophene rings is 1. The van der Waals surface area contributed by atoms with Crippen molar-refractivity contribution in [1.29, 1.82) is 0 Å². The zero-order chi connectivity index (χ0) is 13.4. The van der Waals surface area contributed by atoms with Gasteiger partial charge in [0.1, 0.15) is 0 Å². The molecule has 2 aromatic rings. The maximum Gasteiger partial charge on any atom is 0.264 e. The van der Waals surface area contributed by atoms with Crippen molar-refractivity contribution in [2.75, 3.05) is 13.1 Å². The summed E-state index contributed by atoms with van der Waals surface area (Å²) in [5, 5.41) is 10.7. The van der Waals surface area contributed by atoms with E-state index in [-0.39, 0.29) is 12.0 Å². The topological polar surface area (TPSA) is 40.5 Å². The molecule has 0 aliphatic carbocycles. The summed E-state index contributed by atoms with van der Waals surface area (Å²) in [6, 6.07) is 8.14. The van der Waals surface area contributed by atoms with Crippen LogP contribution in [-0.2, 0) is 0 Å². The van der Waals surface area contributed by atoms with Crippen molar-refractivity contribution in [1.82, 2.24) is 4.90 Å². The molecule has 19 heavy (non-hydrogen) atoms. The van der Waals surface area contributed by atoms with Gasteiger partial charge in [0.2, 0.25) is 0 Å². The summed E-state index contributed by atoms with van der Waals surface area (Å²) in [7, 11) is 0. The Hall–Kier alpha value is -1.39. The third-order valence-electron chi connectivity index (χ3n) is 3.79. The van der Waals surface area contributed by atoms with Gasteiger partial charge in [0.25, 0.3) is 5.91 Å². The number of nitrogens with zero attached hydrogens (tertiary/aromatic N) is 1. The first kappa shape index (κ1) is 12.6. The molecule has 1 saturated heterocycles. The molecule has 1 aromatic carbocycles. The quantitative estimate of drug-likeness (QED) is 0.869. The molecular formula is C15H17NO2S. The van der Waals surface area contributed by atoms with E-state index in [1.165, 1.54) is 10.1 Å². The van der Waals surface area contributed by atoms with E-state index in [2.05, 4.69) is 12.1 Å². The number of piperidine rings is 1. The predicted octanol–water partition coefficient (Wildman–Crippen LogP) is 2.81. The number of amides is 1. The second-order valence-corrected chi connectivity index (χ2v) is 6.13. The number of hydrogen-bond donors (Lipinski definition) is 1. The Kier molecular flexibility index (Phi) is 3.29. The summed E-state index contributed by atoms with van der Waals surface area (Å²) >= 11 is 1.57. The van der Waals surface area contributed by atoms with Crippen LogP contribution in [0, 0.1) is 6.92 Å². The first-order valence-corrected chi connectivity index (χ1v) is 7.44. The standard InChI is InChI=1S/C15H17NO2S/c1-10-12-4-2-3-5-13(12)19-14(10)15(18)16-8-6-11(17)7-9-16/h2-5,11,17H,6-9H2,1H3. The van der Waals surface area contributed by atoms with Gasteiger partial charge >= 0.3 is 0 Å². The highest BCUT2D eigenvalue weighted by Gasteiger charge is 2.25. The fourth-order valence-corrected chi connectivity index (χ4v) is 3.77. The van der Waals surface area contributed by atoms with Crippen LogP contribution >= 0.6 is 11.3 Å². The number of hydrogen-bond acceptors (Lipinski definition) is 3. The smallest absolute Gasteiger partial charge is 0.264 e. The number of aryl methyl sites for hydroxylation is 1. The van der Waals surface area contributed by atoms with Crippen molar-refractivity contribution < 1.29 is 9.90 Å². The van der Waals surface area contributed by atoms with E-state index in [0.717, 1.165) is 10.4 Å². The second-order valence-electron chi connectivity index (χ2n) is 5.08. The van der Waals surface area contributed by atoms with Crippen molar-refractivity contribution in [2.24, 2.45) is 0 Å². The first-order valence-electron chi connectivity index (χ1n) is 6.62. The third-order valence-corrected chi connectivity index (χ3v) is 5.05. The van der Waals surface area contributed by atoms with Crippen molar-refractivity contribution in [3.8, 4) is 0 Å². The summed E-state index contributed by atoms with van der Waals surface area (Å²) < 4.78 is 1.17. The average molecular weight is 275 g/mol. The zero-order valence-electron chi connectivity index (χ0n) is 10.9. The number of benzene rings is 1. The number of carbonyl (C=O) groups is 1. The van der Waals surface area contributed by atoms with E-state index < -0.39 is 0 Å². The average Bonchev–Trinajstić information content (AvgIpc) is 2.77. The largest absolute Gasteiger partial charge is 0.393 e. The van der Waals surface area contributed by atoms with Crippen LogP contribution in [0.2, 0.25) is 0 Å². The van der Waals surface area contributed by atoms with Crippen molar-refractivity contribution in [3.63, 3.8) is 0 Å². The third kappa shape index (κ3) is 2.26. The molecule has 0 bridgehead atoms. The molecule has 100 valence electrons. The molecule has 0 saturated carbocycles. The minimum Gasteiger partial charge on any atom is -0.393 e. The minimum absolute atomic E-state index is 0.116. The summed E-state index contributed by atoms with van der Waals surface area (Å²) in [5.41, 5.74) is 1.08. The van der Waals surface area contributed by atoms with E-state index >= 15 is 0 Å². The van der Waals surface area contributed by atoms with Crippen LogP contribution < -0.4 is 0 Å². The van der Waals surface area contributed by atoms with Crippen LogP contribution in [-0.4, -0.2) is 35.1 Å². The Balaban J connectivity index is 1.91. The maximum absolute atomic E-state index is 12.6. The normalized spacial score (nSPS) is 17.1. The van der Waals surface area contributed by atoms with Gasteiger partial charge in [-0.2, -0.15) is 0 Å². The lowest BCUT2D eigenvalue weighted by molar-refractivity contribution is 0.0550. The van der Waals surface area contributed by atoms with Gasteiger partial charge in [-0.25, -0.2) is 0 Å². The van der Waals surface area contributed by atoms with Crippen molar-refractivity contribution >= 4 is 27.3 Å². The first-order chi connectivity index (χ1) is 9.16. The van der Waals surface area contributed by atoms with E-state index in [0.29, 0.717) is 25.9 Å². The van der Waals surface area contributed by atoms with Gasteiger partial charge in [0.05, 0.1) is 11.0 Å². The molecule has 1 amide bonds. The van der Waals surface area contributed by atoms with Gasteiger partial charge in [-0.1, -0.05) is 18.2 Å². The molecule has 1 aromatic heterocycles. The van der Waals surface area contributed by atoms with Crippen LogP contribution in [0.3, 0.4) is 0 Å². The molecule has 0 unspecified atom stereocenters. The Morgan fingerprint density at radius 2 is 2.00 bits per heavy atom. The molecular weight excluding hydrogens is 258 g/mol. The lowest BCUT2D eigenvalue weighted by Crippen LogP contribution is -2.39. The molecule has 0 spiro atoms. The number of carbonyl (C=O) groups excluding carboxylic acids is 1. The van der Waals surface area contributed by atoms with Gasteiger partial charge in [-0.05, 0) is 36.8 Å². The second kappa shape index (κ2) is 4.94. The predicted molar refractivity (Wildman–Crippen MR) is 77.7 cm³/mol. The molecule has 1 N–H and O–H groups in total. The number of likely N-dealkylation sites (tertiary alicyclic amines) is 1. The Bertz CT molecular complexity index is 612. The SMILES string of the molecule is Cc1c(C(=O)N2CCC(O)CC2)sc2ccccc12. The number of aliphatic hydroxyl groups is 1. The highest BCUT2D eigenvalue weighted by Crippen LogP contribution is 2.31. The van der Waals surface area contributed by atoms with Gasteiger partial charge in [-0.3, -0.25) is 4.79 Å². The Labute approximate surface area is 116 Å². The van der Waals surface area contributed by atoms with E-state index in [4.69, 9.17) is 0 Å². The number of rotatable bonds is 1. The summed E-state index contributed by atoms with van der Waals surface area (Å²) in [5.74, 6) is 0.116. The summed E-state index contributed by atoms with van der Waals surface area (Å²) in [6.07, 6.45) is 1.14. The summed E-state index contributed by atoms with van der Waals surface area (Å²) in [4.78, 5) is 15.3. The van der Waals surface area contributed by atoms with Crippen molar-refractivity contribution in [3.05, 3.63) is 34.7 Å². The van der Waals surface area contributed by atoms with Crippen LogP contribution in [0.15, 0.2) is 24.3 Å². The van der Waals surface area contributed by atoms with E-state index in [1.54, 1.807) is 11.3 Å². The van der Waals surface area contributed by atoms with Crippen LogP contribution in [0.1, 0.15) is 28.1 Å². The number of fused-ring (bicyclic) bond motifs is 1. The highest BCUT2D eigenvalue weighted by atomic mass is 32.1. The summed E-state index contributed by atoms with van der Waals surface area (Å²) in [6.45, 7) is 3.34. The Morgan fingerprint density at radius 1 is 1.32 bits per heavy atom. The highest BCUT2D eigenvalue weighted by molar-refractivity contribution is 7.21. The van der Waals surface area contributed by atoms with E-state index in [9.17, 15) is 9.90 Å². The van der Waals surface area contributed by atoms with Crippen LogP contribution in [0.5, 0.6) is 0 Å². The maximum atomic E-state index is 12.6. The van der Waals surface area contributed by atoms with Crippen LogP contribution in [0.25, 0.3) is 10.1 Å². The molecule has 3 rings (SSSR count). The molecule has 0 atom stereocenters. The molecule has 3 nitrogen and oxygen atoms in total. The number of aliphatic hydroxyl groups excluding tert-OH is 1. The molecule has 0 radical (unpaired) electrons. The molecule has 1 aliphatic rings. The van der Waals surface area contributed by atoms with E-state index in [1.807, 2.05) is 24.0 Å². The van der Waals surface area contributed by atoms with Gasteiger partial charge in [0.15, 0.2) is 0 Å². The van der Waals surface area contributed by atoms with Crippen LogP contribution in [0.4, 0.5) is 0 Å². The fourth-order valence-electron chi connectivity index (χ4n) is 2.59. The molecule has 4 heteroatoms. The fraction of sp³-hybridized carbons (Fsp3) is 0.400. The lowest BCUT2D eigenvalue weighted by atomic mass is 10.1. The van der Waals surface area contributed by atoms with Gasteiger partial charge < -0.3 is 10.0 Å². The van der Waals surface area contributed by atoms with Gasteiger partial charge in [-0.15, -0.1) is 11.3 Å². The molecule has 1 aliphatic heterocycles. The molecule has 1 fully saturated rings. The zero-order valence-corrected chi connectivity index (χ0v) is 11.7. The lowest BCUT2D eigenvalue weighted by Gasteiger charge is -2.29. The van der Waals surface area contributed by atoms with Crippen molar-refractivity contribution in [2.45, 2.75) is 25.9 Å². The monoisotopic (exact) mass is 275 g/mol. The van der Waals surface area contributed by atoms with Gasteiger partial charge in [0, 0.05) is 17.8 Å².